The SMILES string of the molecule is CC(COP(=O)(c1ccccc1)c1ccccc1)OP(=O)(c1ccccc1)c1ccccc1. The van der Waals surface area contributed by atoms with E-state index in [9.17, 15) is 9.13 Å². The van der Waals surface area contributed by atoms with E-state index in [1.165, 1.54) is 0 Å². The summed E-state index contributed by atoms with van der Waals surface area (Å²) in [6.07, 6.45) is -0.572. The van der Waals surface area contributed by atoms with Crippen molar-refractivity contribution in [1.82, 2.24) is 0 Å². The summed E-state index contributed by atoms with van der Waals surface area (Å²) in [5, 5.41) is 2.44. The fourth-order valence-corrected chi connectivity index (χ4v) is 7.94. The van der Waals surface area contributed by atoms with Crippen LogP contribution >= 0.6 is 14.7 Å². The van der Waals surface area contributed by atoms with Crippen molar-refractivity contribution in [3.8, 4) is 0 Å². The van der Waals surface area contributed by atoms with E-state index in [1.54, 1.807) is 55.5 Å². The van der Waals surface area contributed by atoms with Crippen LogP contribution in [0.3, 0.4) is 0 Å². The van der Waals surface area contributed by atoms with Crippen molar-refractivity contribution < 1.29 is 18.2 Å². The van der Waals surface area contributed by atoms with E-state index in [1.807, 2.05) is 72.8 Å². The Hall–Kier alpha value is -2.74. The number of rotatable bonds is 9. The first-order valence-electron chi connectivity index (χ1n) is 10.8. The maximum atomic E-state index is 14.1. The van der Waals surface area contributed by atoms with Gasteiger partial charge in [-0.2, -0.15) is 0 Å². The maximum Gasteiger partial charge on any atom is 0.261 e. The largest absolute Gasteiger partial charge is 0.319 e. The minimum Gasteiger partial charge on any atom is -0.319 e. The first-order valence-corrected chi connectivity index (χ1v) is 14.0. The first kappa shape index (κ1) is 23.4. The Labute approximate surface area is 195 Å². The molecule has 4 rings (SSSR count). The molecule has 0 aliphatic carbocycles. The number of hydrogen-bond donors (Lipinski definition) is 0. The molecule has 1 unspecified atom stereocenters. The van der Waals surface area contributed by atoms with Gasteiger partial charge in [0, 0.05) is 21.2 Å². The topological polar surface area (TPSA) is 52.6 Å². The minimum absolute atomic E-state index is 0.0186. The Morgan fingerprint density at radius 3 is 1.18 bits per heavy atom. The van der Waals surface area contributed by atoms with E-state index in [-0.39, 0.29) is 6.61 Å². The van der Waals surface area contributed by atoms with Gasteiger partial charge in [0.15, 0.2) is 0 Å². The molecule has 168 valence electrons. The number of hydrogen-bond acceptors (Lipinski definition) is 4. The van der Waals surface area contributed by atoms with Crippen molar-refractivity contribution in [3.63, 3.8) is 0 Å². The lowest BCUT2D eigenvalue weighted by Gasteiger charge is -2.26. The van der Waals surface area contributed by atoms with Gasteiger partial charge in [0.25, 0.3) is 14.7 Å². The molecule has 33 heavy (non-hydrogen) atoms. The molecule has 0 heterocycles. The maximum absolute atomic E-state index is 14.1. The van der Waals surface area contributed by atoms with Crippen LogP contribution in [0.25, 0.3) is 0 Å². The zero-order chi connectivity index (χ0) is 23.2. The molecule has 0 N–H and O–H groups in total. The predicted octanol–water partition coefficient (Wildman–Crippen LogP) is 5.27. The molecule has 4 nitrogen and oxygen atoms in total. The minimum atomic E-state index is -3.38. The van der Waals surface area contributed by atoms with E-state index in [4.69, 9.17) is 9.05 Å². The molecule has 0 saturated heterocycles. The third-order valence-corrected chi connectivity index (χ3v) is 10.3. The van der Waals surface area contributed by atoms with Gasteiger partial charge >= 0.3 is 0 Å². The monoisotopic (exact) mass is 476 g/mol. The van der Waals surface area contributed by atoms with Crippen molar-refractivity contribution in [2.24, 2.45) is 0 Å². The van der Waals surface area contributed by atoms with E-state index in [0.717, 1.165) is 0 Å². The molecule has 0 bridgehead atoms. The normalized spacial score (nSPS) is 12.9. The van der Waals surface area contributed by atoms with Crippen LogP contribution in [-0.4, -0.2) is 12.7 Å². The predicted molar refractivity (Wildman–Crippen MR) is 136 cm³/mol. The molecule has 0 fully saturated rings. The van der Waals surface area contributed by atoms with Crippen molar-refractivity contribution in [1.29, 1.82) is 0 Å². The molecule has 0 aromatic heterocycles. The van der Waals surface area contributed by atoms with Crippen LogP contribution in [0, 0.1) is 0 Å². The van der Waals surface area contributed by atoms with Crippen LogP contribution < -0.4 is 21.2 Å². The highest BCUT2D eigenvalue weighted by atomic mass is 31.2. The lowest BCUT2D eigenvalue weighted by Crippen LogP contribution is -2.26. The van der Waals surface area contributed by atoms with Gasteiger partial charge in [0.2, 0.25) is 0 Å². The molecule has 0 aliphatic rings. The third kappa shape index (κ3) is 5.27. The van der Waals surface area contributed by atoms with Crippen molar-refractivity contribution in [3.05, 3.63) is 121 Å². The van der Waals surface area contributed by atoms with E-state index in [0.29, 0.717) is 21.2 Å². The molecule has 0 radical (unpaired) electrons. The van der Waals surface area contributed by atoms with Gasteiger partial charge in [-0.25, -0.2) is 0 Å². The van der Waals surface area contributed by atoms with Crippen LogP contribution in [0.1, 0.15) is 6.92 Å². The summed E-state index contributed by atoms with van der Waals surface area (Å²) < 4.78 is 40.5. The van der Waals surface area contributed by atoms with E-state index < -0.39 is 20.8 Å². The second-order valence-electron chi connectivity index (χ2n) is 7.66. The molecule has 6 heteroatoms. The smallest absolute Gasteiger partial charge is 0.261 e. The molecule has 4 aromatic rings. The molecular formula is C27H26O4P2. The van der Waals surface area contributed by atoms with Gasteiger partial charge < -0.3 is 9.05 Å². The van der Waals surface area contributed by atoms with Crippen molar-refractivity contribution in [2.45, 2.75) is 13.0 Å². The average Bonchev–Trinajstić information content (AvgIpc) is 2.89. The Balaban J connectivity index is 1.60. The second kappa shape index (κ2) is 10.5. The summed E-state index contributed by atoms with van der Waals surface area (Å²) in [6, 6.07) is 36.7. The Morgan fingerprint density at radius 1 is 0.545 bits per heavy atom. The molecule has 0 spiro atoms. The summed E-state index contributed by atoms with van der Waals surface area (Å²) in [5.74, 6) is 0. The van der Waals surface area contributed by atoms with Gasteiger partial charge in [0.1, 0.15) is 0 Å². The van der Waals surface area contributed by atoms with Gasteiger partial charge in [-0.1, -0.05) is 72.8 Å². The van der Waals surface area contributed by atoms with E-state index in [2.05, 4.69) is 0 Å². The summed E-state index contributed by atoms with van der Waals surface area (Å²) in [5.41, 5.74) is 0. The quantitative estimate of drug-likeness (QED) is 0.309. The molecular weight excluding hydrogens is 450 g/mol. The van der Waals surface area contributed by atoms with Crippen LogP contribution in [-0.2, 0) is 18.2 Å². The lowest BCUT2D eigenvalue weighted by atomic mass is 10.4. The third-order valence-electron chi connectivity index (χ3n) is 5.20. The molecule has 1 atom stereocenters. The fraction of sp³-hybridized carbons (Fsp3) is 0.111. The van der Waals surface area contributed by atoms with Crippen LogP contribution in [0.15, 0.2) is 121 Å². The number of benzene rings is 4. The Kier molecular flexibility index (Phi) is 7.42. The lowest BCUT2D eigenvalue weighted by molar-refractivity contribution is 0.155. The highest BCUT2D eigenvalue weighted by Crippen LogP contribution is 2.48. The fourth-order valence-electron chi connectivity index (χ4n) is 3.56. The first-order chi connectivity index (χ1) is 16.0. The zero-order valence-electron chi connectivity index (χ0n) is 18.4. The highest BCUT2D eigenvalue weighted by molar-refractivity contribution is 7.74. The second-order valence-corrected chi connectivity index (χ2v) is 12.4. The summed E-state index contributed by atoms with van der Waals surface area (Å²) in [7, 11) is -6.73. The van der Waals surface area contributed by atoms with Crippen molar-refractivity contribution >= 4 is 36.0 Å². The standard InChI is InChI=1S/C27H26O4P2/c1-23(31-33(29,26-18-10-4-11-19-26)27-20-12-5-13-21-27)22-30-32(28,24-14-6-2-7-15-24)25-16-8-3-9-17-25/h2-21,23H,22H2,1H3. The van der Waals surface area contributed by atoms with Gasteiger partial charge in [-0.3, -0.25) is 9.13 Å². The van der Waals surface area contributed by atoms with E-state index >= 15 is 0 Å². The zero-order valence-corrected chi connectivity index (χ0v) is 20.1. The van der Waals surface area contributed by atoms with Crippen molar-refractivity contribution in [2.75, 3.05) is 6.61 Å². The van der Waals surface area contributed by atoms with Gasteiger partial charge in [0.05, 0.1) is 12.7 Å². The molecule has 0 aliphatic heterocycles. The Morgan fingerprint density at radius 2 is 0.848 bits per heavy atom. The van der Waals surface area contributed by atoms with Gasteiger partial charge in [-0.15, -0.1) is 0 Å². The molecule has 4 aromatic carbocycles. The Bertz CT molecular complexity index is 1160. The van der Waals surface area contributed by atoms with Crippen LogP contribution in [0.5, 0.6) is 0 Å². The van der Waals surface area contributed by atoms with Gasteiger partial charge in [-0.05, 0) is 55.5 Å². The summed E-state index contributed by atoms with van der Waals surface area (Å²) in [6.45, 7) is 1.81. The molecule has 0 amide bonds. The average molecular weight is 476 g/mol. The van der Waals surface area contributed by atoms with Crippen LogP contribution in [0.2, 0.25) is 0 Å². The summed E-state index contributed by atoms with van der Waals surface area (Å²) >= 11 is 0. The van der Waals surface area contributed by atoms with Crippen LogP contribution in [0.4, 0.5) is 0 Å². The summed E-state index contributed by atoms with van der Waals surface area (Å²) in [4.78, 5) is 0. The highest BCUT2D eigenvalue weighted by Gasteiger charge is 2.33. The molecule has 0 saturated carbocycles.